The largest absolute Gasteiger partial charge is 0.368 e. The van der Waals surface area contributed by atoms with E-state index in [1.165, 1.54) is 12.1 Å². The first-order chi connectivity index (χ1) is 14.3. The lowest BCUT2D eigenvalue weighted by atomic mass is 9.87. The Kier molecular flexibility index (Phi) is 5.38. The van der Waals surface area contributed by atoms with Gasteiger partial charge in [-0.1, -0.05) is 6.92 Å². The van der Waals surface area contributed by atoms with Crippen molar-refractivity contribution in [2.24, 2.45) is 5.92 Å². The zero-order valence-corrected chi connectivity index (χ0v) is 17.0. The van der Waals surface area contributed by atoms with Gasteiger partial charge < -0.3 is 15.1 Å². The number of aryl methyl sites for hydroxylation is 1. The van der Waals surface area contributed by atoms with Crippen LogP contribution >= 0.6 is 0 Å². The van der Waals surface area contributed by atoms with Crippen LogP contribution in [-0.2, 0) is 16.0 Å². The molecule has 9 heteroatoms. The minimum absolute atomic E-state index is 0.0652. The molecular weight excluding hydrogens is 394 g/mol. The molecule has 0 bridgehead atoms. The van der Waals surface area contributed by atoms with Gasteiger partial charge in [-0.25, -0.2) is 13.6 Å². The van der Waals surface area contributed by atoms with Gasteiger partial charge in [-0.05, 0) is 43.2 Å². The highest BCUT2D eigenvalue weighted by atomic mass is 19.2. The molecule has 162 valence electrons. The van der Waals surface area contributed by atoms with Gasteiger partial charge in [-0.3, -0.25) is 14.9 Å². The monoisotopic (exact) mass is 420 g/mol. The second-order valence-corrected chi connectivity index (χ2v) is 8.27. The molecular formula is C21H26F2N4O3. The third-order valence-electron chi connectivity index (χ3n) is 6.45. The molecule has 2 aliphatic heterocycles. The maximum atomic E-state index is 13.7. The number of imide groups is 1. The van der Waals surface area contributed by atoms with Crippen molar-refractivity contribution in [3.63, 3.8) is 0 Å². The molecule has 1 aromatic carbocycles. The van der Waals surface area contributed by atoms with Crippen LogP contribution in [0.2, 0.25) is 0 Å². The van der Waals surface area contributed by atoms with Crippen LogP contribution in [0, 0.1) is 17.6 Å². The molecule has 2 heterocycles. The van der Waals surface area contributed by atoms with E-state index in [0.29, 0.717) is 38.3 Å². The highest BCUT2D eigenvalue weighted by Gasteiger charge is 2.55. The summed E-state index contributed by atoms with van der Waals surface area (Å²) in [4.78, 5) is 40.4. The number of piperazine rings is 1. The Morgan fingerprint density at radius 1 is 1.13 bits per heavy atom. The van der Waals surface area contributed by atoms with E-state index in [1.807, 2.05) is 11.8 Å². The lowest BCUT2D eigenvalue weighted by Crippen LogP contribution is -2.52. The second kappa shape index (κ2) is 7.85. The second-order valence-electron chi connectivity index (χ2n) is 8.27. The summed E-state index contributed by atoms with van der Waals surface area (Å²) in [6, 6.07) is 1.97. The Morgan fingerprint density at radius 3 is 2.37 bits per heavy atom. The number of nitrogens with one attached hydrogen (secondary N) is 2. The van der Waals surface area contributed by atoms with E-state index in [0.717, 1.165) is 18.4 Å². The average Bonchev–Trinajstić information content (AvgIpc) is 3.54. The fourth-order valence-electron chi connectivity index (χ4n) is 4.56. The number of halogens is 2. The Hall–Kier alpha value is -2.71. The van der Waals surface area contributed by atoms with Crippen LogP contribution in [0.25, 0.3) is 0 Å². The first kappa shape index (κ1) is 20.6. The summed E-state index contributed by atoms with van der Waals surface area (Å²) in [5, 5.41) is 5.04. The molecule has 1 aliphatic carbocycles. The van der Waals surface area contributed by atoms with Crippen LogP contribution in [0.15, 0.2) is 12.1 Å². The van der Waals surface area contributed by atoms with E-state index in [1.54, 1.807) is 4.90 Å². The molecule has 0 radical (unpaired) electrons. The standard InChI is InChI=1S/C21H26F2N4O3/c1-2-13-11-15(22)16(23)12-17(13)26-7-9-27(10-8-26)18(28)5-6-21(14-3-4-14)19(29)24-20(30)25-21/h11-12,14H,2-10H2,1H3,(H2,24,25,29,30)/t21-/m0/s1. The Labute approximate surface area is 173 Å². The molecule has 0 spiro atoms. The number of carbonyl (C=O) groups excluding carboxylic acids is 3. The van der Waals surface area contributed by atoms with Gasteiger partial charge in [0.15, 0.2) is 11.6 Å². The van der Waals surface area contributed by atoms with Crippen molar-refractivity contribution in [1.82, 2.24) is 15.5 Å². The van der Waals surface area contributed by atoms with Crippen molar-refractivity contribution >= 4 is 23.5 Å². The highest BCUT2D eigenvalue weighted by molar-refractivity contribution is 6.07. The summed E-state index contributed by atoms with van der Waals surface area (Å²) in [6.07, 6.45) is 2.79. The zero-order chi connectivity index (χ0) is 21.5. The van der Waals surface area contributed by atoms with E-state index in [9.17, 15) is 23.2 Å². The van der Waals surface area contributed by atoms with Crippen LogP contribution in [0.1, 0.15) is 38.2 Å². The van der Waals surface area contributed by atoms with Gasteiger partial charge in [-0.2, -0.15) is 0 Å². The number of anilines is 1. The van der Waals surface area contributed by atoms with Gasteiger partial charge in [0.05, 0.1) is 0 Å². The summed E-state index contributed by atoms with van der Waals surface area (Å²) in [5.74, 6) is -2.03. The van der Waals surface area contributed by atoms with Crippen molar-refractivity contribution in [1.29, 1.82) is 0 Å². The molecule has 4 amide bonds. The smallest absolute Gasteiger partial charge is 0.322 e. The summed E-state index contributed by atoms with van der Waals surface area (Å²) in [7, 11) is 0. The first-order valence-electron chi connectivity index (χ1n) is 10.5. The molecule has 1 saturated carbocycles. The third kappa shape index (κ3) is 3.73. The lowest BCUT2D eigenvalue weighted by Gasteiger charge is -2.37. The molecule has 3 fully saturated rings. The summed E-state index contributed by atoms with van der Waals surface area (Å²) in [5.41, 5.74) is 0.445. The predicted molar refractivity (Wildman–Crippen MR) is 106 cm³/mol. The van der Waals surface area contributed by atoms with Crippen LogP contribution in [0.3, 0.4) is 0 Å². The molecule has 2 N–H and O–H groups in total. The highest BCUT2D eigenvalue weighted by Crippen LogP contribution is 2.43. The molecule has 2 saturated heterocycles. The van der Waals surface area contributed by atoms with E-state index >= 15 is 0 Å². The maximum absolute atomic E-state index is 13.7. The lowest BCUT2D eigenvalue weighted by molar-refractivity contribution is -0.132. The van der Waals surface area contributed by atoms with Crippen LogP contribution in [0.5, 0.6) is 0 Å². The molecule has 0 aromatic heterocycles. The summed E-state index contributed by atoms with van der Waals surface area (Å²) < 4.78 is 27.3. The first-order valence-corrected chi connectivity index (χ1v) is 10.5. The topological polar surface area (TPSA) is 81.8 Å². The van der Waals surface area contributed by atoms with Crippen molar-refractivity contribution in [2.75, 3.05) is 31.1 Å². The number of amides is 4. The van der Waals surface area contributed by atoms with E-state index in [4.69, 9.17) is 0 Å². The Balaban J connectivity index is 1.35. The number of hydrogen-bond donors (Lipinski definition) is 2. The fraction of sp³-hybridized carbons (Fsp3) is 0.571. The minimum atomic E-state index is -0.962. The number of carbonyl (C=O) groups is 3. The van der Waals surface area contributed by atoms with Gasteiger partial charge in [0.1, 0.15) is 5.54 Å². The van der Waals surface area contributed by atoms with Gasteiger partial charge >= 0.3 is 6.03 Å². The third-order valence-corrected chi connectivity index (χ3v) is 6.45. The van der Waals surface area contributed by atoms with Crippen molar-refractivity contribution < 1.29 is 23.2 Å². The molecule has 1 aromatic rings. The fourth-order valence-corrected chi connectivity index (χ4v) is 4.56. The summed E-state index contributed by atoms with van der Waals surface area (Å²) in [6.45, 7) is 3.87. The van der Waals surface area contributed by atoms with Gasteiger partial charge in [-0.15, -0.1) is 0 Å². The van der Waals surface area contributed by atoms with Gasteiger partial charge in [0.2, 0.25) is 5.91 Å². The molecule has 3 aliphatic rings. The van der Waals surface area contributed by atoms with Crippen molar-refractivity contribution in [2.45, 2.75) is 44.6 Å². The van der Waals surface area contributed by atoms with Gasteiger partial charge in [0, 0.05) is 44.4 Å². The van der Waals surface area contributed by atoms with Crippen LogP contribution in [-0.4, -0.2) is 54.5 Å². The van der Waals surface area contributed by atoms with E-state index < -0.39 is 23.2 Å². The quantitative estimate of drug-likeness (QED) is 0.690. The normalized spacial score (nSPS) is 24.1. The summed E-state index contributed by atoms with van der Waals surface area (Å²) >= 11 is 0. The molecule has 30 heavy (non-hydrogen) atoms. The van der Waals surface area contributed by atoms with Crippen molar-refractivity contribution in [3.05, 3.63) is 29.3 Å². The predicted octanol–water partition coefficient (Wildman–Crippen LogP) is 1.94. The molecule has 0 unspecified atom stereocenters. The number of urea groups is 1. The Morgan fingerprint density at radius 2 is 1.80 bits per heavy atom. The van der Waals surface area contributed by atoms with Crippen molar-refractivity contribution in [3.8, 4) is 0 Å². The number of benzene rings is 1. The average molecular weight is 420 g/mol. The molecule has 7 nitrogen and oxygen atoms in total. The maximum Gasteiger partial charge on any atom is 0.322 e. The van der Waals surface area contributed by atoms with Gasteiger partial charge in [0.25, 0.3) is 5.91 Å². The van der Waals surface area contributed by atoms with Crippen LogP contribution < -0.4 is 15.5 Å². The van der Waals surface area contributed by atoms with Crippen LogP contribution in [0.4, 0.5) is 19.3 Å². The van der Waals surface area contributed by atoms with E-state index in [2.05, 4.69) is 10.6 Å². The zero-order valence-electron chi connectivity index (χ0n) is 17.0. The number of hydrogen-bond acceptors (Lipinski definition) is 4. The molecule has 4 rings (SSSR count). The number of nitrogens with zero attached hydrogens (tertiary/aromatic N) is 2. The number of rotatable bonds is 6. The SMILES string of the molecule is CCc1cc(F)c(F)cc1N1CCN(C(=O)CC[C@@]2(C3CC3)NC(=O)NC2=O)CC1. The minimum Gasteiger partial charge on any atom is -0.368 e. The van der Waals surface area contributed by atoms with E-state index in [-0.39, 0.29) is 30.6 Å². The molecule has 1 atom stereocenters. The Bertz CT molecular complexity index is 881.